The Labute approximate surface area is 145 Å². The Hall–Kier alpha value is -1.55. The van der Waals surface area contributed by atoms with Crippen LogP contribution in [-0.4, -0.2) is 50.3 Å². The minimum absolute atomic E-state index is 0.0734. The standard InChI is InChI=1S/C20H30NO3/c1-4-21(2)12-11-15-5-10-19(13-17(15)14-21)24-20(22)16-6-8-18(23-3)9-7-16/h6-9,15,17,19H,4-5,10-14H2,1-3H3/q+1/t15-,17+,19-,21?/m1/s1. The summed E-state index contributed by atoms with van der Waals surface area (Å²) in [6, 6.07) is 7.16. The highest BCUT2D eigenvalue weighted by Gasteiger charge is 2.41. The highest BCUT2D eigenvalue weighted by atomic mass is 16.5. The van der Waals surface area contributed by atoms with Crippen molar-refractivity contribution in [2.24, 2.45) is 11.8 Å². The van der Waals surface area contributed by atoms with Crippen molar-refractivity contribution < 1.29 is 18.8 Å². The number of benzene rings is 1. The summed E-state index contributed by atoms with van der Waals surface area (Å²) in [6.45, 7) is 6.01. The van der Waals surface area contributed by atoms with E-state index in [0.717, 1.165) is 24.5 Å². The maximum absolute atomic E-state index is 12.4. The lowest BCUT2D eigenvalue weighted by Gasteiger charge is -2.47. The molecule has 0 bridgehead atoms. The fourth-order valence-electron chi connectivity index (χ4n) is 4.36. The molecular weight excluding hydrogens is 302 g/mol. The molecule has 132 valence electrons. The maximum Gasteiger partial charge on any atom is 0.338 e. The molecule has 0 N–H and O–H groups in total. The zero-order chi connectivity index (χ0) is 17.2. The number of hydrogen-bond donors (Lipinski definition) is 0. The molecule has 2 aliphatic rings. The maximum atomic E-state index is 12.4. The predicted octanol–water partition coefficient (Wildman–Crippen LogP) is 3.51. The number of carbonyl (C=O) groups is 1. The molecule has 1 aromatic rings. The molecule has 1 aliphatic heterocycles. The topological polar surface area (TPSA) is 35.5 Å². The zero-order valence-corrected chi connectivity index (χ0v) is 15.2. The van der Waals surface area contributed by atoms with Gasteiger partial charge in [-0.25, -0.2) is 4.79 Å². The molecule has 1 heterocycles. The summed E-state index contributed by atoms with van der Waals surface area (Å²) in [5, 5.41) is 0. The molecule has 1 saturated carbocycles. The third-order valence-electron chi connectivity index (χ3n) is 6.17. The van der Waals surface area contributed by atoms with Gasteiger partial charge in [-0.1, -0.05) is 0 Å². The van der Waals surface area contributed by atoms with Crippen LogP contribution in [0, 0.1) is 11.8 Å². The number of likely N-dealkylation sites (tertiary alicyclic amines) is 1. The molecule has 2 fully saturated rings. The average molecular weight is 332 g/mol. The van der Waals surface area contributed by atoms with Gasteiger partial charge in [0.25, 0.3) is 0 Å². The van der Waals surface area contributed by atoms with Crippen LogP contribution in [0.4, 0.5) is 0 Å². The number of rotatable bonds is 4. The molecule has 0 aromatic heterocycles. The second-order valence-electron chi connectivity index (χ2n) is 7.72. The van der Waals surface area contributed by atoms with Crippen LogP contribution < -0.4 is 4.74 Å². The van der Waals surface area contributed by atoms with Crippen molar-refractivity contribution in [1.29, 1.82) is 0 Å². The largest absolute Gasteiger partial charge is 0.497 e. The van der Waals surface area contributed by atoms with Crippen LogP contribution in [0.3, 0.4) is 0 Å². The molecule has 1 aliphatic carbocycles. The van der Waals surface area contributed by atoms with Gasteiger partial charge in [0.2, 0.25) is 0 Å². The smallest absolute Gasteiger partial charge is 0.338 e. The van der Waals surface area contributed by atoms with Gasteiger partial charge in [0.1, 0.15) is 11.9 Å². The van der Waals surface area contributed by atoms with E-state index >= 15 is 0 Å². The number of methoxy groups -OCH3 is 1. The first kappa shape index (κ1) is 17.3. The van der Waals surface area contributed by atoms with Crippen LogP contribution in [0.2, 0.25) is 0 Å². The monoisotopic (exact) mass is 332 g/mol. The Morgan fingerprint density at radius 1 is 1.17 bits per heavy atom. The fraction of sp³-hybridized carbons (Fsp3) is 0.650. The molecule has 0 amide bonds. The minimum atomic E-state index is -0.204. The normalized spacial score (nSPS) is 32.7. The first-order valence-electron chi connectivity index (χ1n) is 9.21. The summed E-state index contributed by atoms with van der Waals surface area (Å²) < 4.78 is 12.1. The van der Waals surface area contributed by atoms with E-state index in [-0.39, 0.29) is 12.1 Å². The van der Waals surface area contributed by atoms with Crippen LogP contribution in [0.25, 0.3) is 0 Å². The Balaban J connectivity index is 1.58. The lowest BCUT2D eigenvalue weighted by atomic mass is 9.73. The number of quaternary nitrogens is 1. The van der Waals surface area contributed by atoms with E-state index < -0.39 is 0 Å². The van der Waals surface area contributed by atoms with Gasteiger partial charge in [0.15, 0.2) is 0 Å². The van der Waals surface area contributed by atoms with E-state index in [4.69, 9.17) is 9.47 Å². The number of ether oxygens (including phenoxy) is 2. The van der Waals surface area contributed by atoms with Crippen LogP contribution >= 0.6 is 0 Å². The lowest BCUT2D eigenvalue weighted by molar-refractivity contribution is -0.917. The lowest BCUT2D eigenvalue weighted by Crippen LogP contribution is -2.55. The summed E-state index contributed by atoms with van der Waals surface area (Å²) in [5.74, 6) is 2.08. The molecule has 4 atom stereocenters. The van der Waals surface area contributed by atoms with E-state index in [1.165, 1.54) is 37.0 Å². The van der Waals surface area contributed by atoms with Crippen molar-refractivity contribution in [3.63, 3.8) is 0 Å². The van der Waals surface area contributed by atoms with E-state index in [1.807, 2.05) is 0 Å². The molecule has 1 aromatic carbocycles. The Morgan fingerprint density at radius 2 is 1.92 bits per heavy atom. The third kappa shape index (κ3) is 3.75. The molecule has 4 nitrogen and oxygen atoms in total. The summed E-state index contributed by atoms with van der Waals surface area (Å²) in [5.41, 5.74) is 0.607. The molecule has 3 rings (SSSR count). The highest BCUT2D eigenvalue weighted by molar-refractivity contribution is 5.89. The van der Waals surface area contributed by atoms with Gasteiger partial charge in [-0.2, -0.15) is 0 Å². The summed E-state index contributed by atoms with van der Waals surface area (Å²) in [4.78, 5) is 12.4. The van der Waals surface area contributed by atoms with Crippen molar-refractivity contribution in [1.82, 2.24) is 0 Å². The Morgan fingerprint density at radius 3 is 2.58 bits per heavy atom. The molecule has 4 heteroatoms. The van der Waals surface area contributed by atoms with Gasteiger partial charge >= 0.3 is 5.97 Å². The summed E-state index contributed by atoms with van der Waals surface area (Å²) in [6.07, 6.45) is 4.65. The molecule has 1 unspecified atom stereocenters. The summed E-state index contributed by atoms with van der Waals surface area (Å²) in [7, 11) is 3.99. The van der Waals surface area contributed by atoms with Crippen LogP contribution in [0.1, 0.15) is 43.0 Å². The minimum Gasteiger partial charge on any atom is -0.497 e. The molecular formula is C20H30NO3+. The second-order valence-corrected chi connectivity index (χ2v) is 7.72. The predicted molar refractivity (Wildman–Crippen MR) is 94.1 cm³/mol. The van der Waals surface area contributed by atoms with Crippen LogP contribution in [-0.2, 0) is 4.74 Å². The van der Waals surface area contributed by atoms with Crippen molar-refractivity contribution in [3.05, 3.63) is 29.8 Å². The fourth-order valence-corrected chi connectivity index (χ4v) is 4.36. The SMILES string of the molecule is CC[N+]1(C)CC[C@H]2CC[C@@H](OC(=O)c3ccc(OC)cc3)C[C@H]2C1. The Bertz CT molecular complexity index is 571. The van der Waals surface area contributed by atoms with Gasteiger partial charge in [-0.15, -0.1) is 0 Å². The molecule has 1 saturated heterocycles. The zero-order valence-electron chi connectivity index (χ0n) is 15.2. The first-order valence-corrected chi connectivity index (χ1v) is 9.21. The van der Waals surface area contributed by atoms with E-state index in [1.54, 1.807) is 31.4 Å². The van der Waals surface area contributed by atoms with Gasteiger partial charge in [-0.3, -0.25) is 0 Å². The number of carbonyl (C=O) groups excluding carboxylic acids is 1. The Kier molecular flexibility index (Phi) is 5.14. The molecule has 0 spiro atoms. The first-order chi connectivity index (χ1) is 11.5. The second kappa shape index (κ2) is 7.14. The molecule has 0 radical (unpaired) electrons. The number of piperidine rings is 1. The summed E-state index contributed by atoms with van der Waals surface area (Å²) >= 11 is 0. The van der Waals surface area contributed by atoms with E-state index in [0.29, 0.717) is 11.5 Å². The van der Waals surface area contributed by atoms with E-state index in [9.17, 15) is 4.79 Å². The average Bonchev–Trinajstić information content (AvgIpc) is 2.61. The number of esters is 1. The van der Waals surface area contributed by atoms with Gasteiger partial charge in [0.05, 0.1) is 39.4 Å². The highest BCUT2D eigenvalue weighted by Crippen LogP contribution is 2.39. The van der Waals surface area contributed by atoms with Crippen molar-refractivity contribution in [2.45, 2.75) is 38.7 Å². The number of hydrogen-bond acceptors (Lipinski definition) is 3. The number of fused-ring (bicyclic) bond motifs is 1. The van der Waals surface area contributed by atoms with Crippen LogP contribution in [0.15, 0.2) is 24.3 Å². The van der Waals surface area contributed by atoms with Crippen molar-refractivity contribution in [3.8, 4) is 5.75 Å². The van der Waals surface area contributed by atoms with E-state index in [2.05, 4.69) is 14.0 Å². The van der Waals surface area contributed by atoms with Gasteiger partial charge < -0.3 is 14.0 Å². The quantitative estimate of drug-likeness (QED) is 0.625. The van der Waals surface area contributed by atoms with Gasteiger partial charge in [-0.05, 0) is 62.8 Å². The van der Waals surface area contributed by atoms with Crippen LogP contribution in [0.5, 0.6) is 5.75 Å². The van der Waals surface area contributed by atoms with Crippen molar-refractivity contribution >= 4 is 5.97 Å². The van der Waals surface area contributed by atoms with Crippen molar-refractivity contribution in [2.75, 3.05) is 33.8 Å². The number of nitrogens with zero attached hydrogens (tertiary/aromatic N) is 1. The van der Waals surface area contributed by atoms with Gasteiger partial charge in [0, 0.05) is 5.92 Å². The third-order valence-corrected chi connectivity index (χ3v) is 6.17. The molecule has 24 heavy (non-hydrogen) atoms.